The molecule has 1 N–H and O–H groups in total. The monoisotopic (exact) mass is 133 g/mol. The average Bonchev–Trinajstić information content (AvgIpc) is 1.93. The quantitative estimate of drug-likeness (QED) is 0.592. The van der Waals surface area contributed by atoms with Crippen LogP contribution in [0.4, 0.5) is 0 Å². The highest BCUT2D eigenvalue weighted by Crippen LogP contribution is 1.62. The van der Waals surface area contributed by atoms with E-state index in [1.807, 2.05) is 13.8 Å². The molecule has 0 heterocycles. The zero-order chi connectivity index (χ0) is 7.70. The topological polar surface area (TPSA) is 38.3 Å². The van der Waals surface area contributed by atoms with E-state index >= 15 is 0 Å². The number of hydrogen-bond donors (Lipinski definition) is 1. The smallest absolute Gasteiger partial charge is 0.245 e. The second-order valence-electron chi connectivity index (χ2n) is 1.11. The van der Waals surface area contributed by atoms with Crippen LogP contribution in [0.3, 0.4) is 0 Å². The van der Waals surface area contributed by atoms with Gasteiger partial charge in [0.25, 0.3) is 0 Å². The molecular weight excluding hydrogens is 118 g/mol. The van der Waals surface area contributed by atoms with Crippen LogP contribution in [-0.2, 0) is 9.53 Å². The zero-order valence-electron chi connectivity index (χ0n) is 6.52. The van der Waals surface area contributed by atoms with Crippen molar-refractivity contribution < 1.29 is 9.53 Å². The normalized spacial score (nSPS) is 7.11. The van der Waals surface area contributed by atoms with E-state index in [1.165, 1.54) is 7.11 Å². The van der Waals surface area contributed by atoms with E-state index in [1.54, 1.807) is 7.05 Å². The molecule has 0 atom stereocenters. The van der Waals surface area contributed by atoms with Crippen LogP contribution in [-0.4, -0.2) is 26.7 Å². The van der Waals surface area contributed by atoms with Gasteiger partial charge in [-0.2, -0.15) is 0 Å². The van der Waals surface area contributed by atoms with Gasteiger partial charge in [-0.15, -0.1) is 0 Å². The maximum atomic E-state index is 10.2. The molecule has 0 aromatic carbocycles. The number of carbonyl (C=O) groups is 1. The summed E-state index contributed by atoms with van der Waals surface area (Å²) >= 11 is 0. The van der Waals surface area contributed by atoms with Gasteiger partial charge in [-0.1, -0.05) is 13.8 Å². The van der Waals surface area contributed by atoms with Crippen molar-refractivity contribution >= 4 is 5.91 Å². The standard InChI is InChI=1S/C4H9NO2.C2H6/c1-5-4(6)3-7-2;1-2/h3H2,1-2H3,(H,5,6);1-2H3. The van der Waals surface area contributed by atoms with E-state index in [0.29, 0.717) is 0 Å². The minimum Gasteiger partial charge on any atom is -0.375 e. The number of ether oxygens (including phenoxy) is 1. The Hall–Kier alpha value is -0.570. The molecule has 9 heavy (non-hydrogen) atoms. The maximum Gasteiger partial charge on any atom is 0.245 e. The van der Waals surface area contributed by atoms with Crippen molar-refractivity contribution in [2.24, 2.45) is 0 Å². The number of hydrogen-bond acceptors (Lipinski definition) is 2. The van der Waals surface area contributed by atoms with Gasteiger partial charge in [0.2, 0.25) is 5.91 Å². The minimum absolute atomic E-state index is 0.0949. The summed E-state index contributed by atoms with van der Waals surface area (Å²) in [6.45, 7) is 4.15. The SMILES string of the molecule is CC.CNC(=O)COC. The van der Waals surface area contributed by atoms with Crippen LogP contribution in [0, 0.1) is 0 Å². The summed E-state index contributed by atoms with van der Waals surface area (Å²) in [5, 5.41) is 2.40. The summed E-state index contributed by atoms with van der Waals surface area (Å²) < 4.78 is 4.48. The minimum atomic E-state index is -0.0949. The molecule has 0 aromatic heterocycles. The fourth-order valence-electron chi connectivity index (χ4n) is 0.203. The van der Waals surface area contributed by atoms with Crippen molar-refractivity contribution in [1.29, 1.82) is 0 Å². The second kappa shape index (κ2) is 10.4. The Morgan fingerprint density at radius 1 is 1.56 bits per heavy atom. The van der Waals surface area contributed by atoms with Gasteiger partial charge in [-0.05, 0) is 0 Å². The lowest BCUT2D eigenvalue weighted by Crippen LogP contribution is -2.22. The van der Waals surface area contributed by atoms with Crippen LogP contribution in [0.1, 0.15) is 13.8 Å². The second-order valence-corrected chi connectivity index (χ2v) is 1.11. The van der Waals surface area contributed by atoms with E-state index in [2.05, 4.69) is 10.1 Å². The van der Waals surface area contributed by atoms with Crippen LogP contribution < -0.4 is 5.32 Å². The third kappa shape index (κ3) is 11.2. The van der Waals surface area contributed by atoms with Crippen molar-refractivity contribution in [3.8, 4) is 0 Å². The molecule has 0 spiro atoms. The first-order valence-corrected chi connectivity index (χ1v) is 3.00. The number of rotatable bonds is 2. The largest absolute Gasteiger partial charge is 0.375 e. The fraction of sp³-hybridized carbons (Fsp3) is 0.833. The molecule has 3 nitrogen and oxygen atoms in total. The first-order chi connectivity index (χ1) is 4.31. The third-order valence-corrected chi connectivity index (χ3v) is 0.554. The molecule has 0 aliphatic rings. The van der Waals surface area contributed by atoms with E-state index in [-0.39, 0.29) is 12.5 Å². The number of methoxy groups -OCH3 is 1. The van der Waals surface area contributed by atoms with Gasteiger partial charge >= 0.3 is 0 Å². The van der Waals surface area contributed by atoms with Crippen LogP contribution in [0.15, 0.2) is 0 Å². The Kier molecular flexibility index (Phi) is 13.0. The Bertz CT molecular complexity index is 64.1. The molecule has 0 aromatic rings. The lowest BCUT2D eigenvalue weighted by Gasteiger charge is -1.92. The number of nitrogens with one attached hydrogen (secondary N) is 1. The Morgan fingerprint density at radius 3 is 2.11 bits per heavy atom. The molecule has 0 bridgehead atoms. The Labute approximate surface area is 56.4 Å². The van der Waals surface area contributed by atoms with E-state index in [9.17, 15) is 4.79 Å². The van der Waals surface area contributed by atoms with Crippen molar-refractivity contribution in [1.82, 2.24) is 5.32 Å². The fourth-order valence-corrected chi connectivity index (χ4v) is 0.203. The van der Waals surface area contributed by atoms with Gasteiger partial charge in [0, 0.05) is 14.2 Å². The maximum absolute atomic E-state index is 10.2. The van der Waals surface area contributed by atoms with Crippen LogP contribution >= 0.6 is 0 Å². The summed E-state index contributed by atoms with van der Waals surface area (Å²) in [6, 6.07) is 0. The highest BCUT2D eigenvalue weighted by Gasteiger charge is 1.90. The van der Waals surface area contributed by atoms with Crippen LogP contribution in [0.2, 0.25) is 0 Å². The summed E-state index contributed by atoms with van der Waals surface area (Å²) in [5.74, 6) is -0.0949. The van der Waals surface area contributed by atoms with Gasteiger partial charge in [-0.3, -0.25) is 4.79 Å². The van der Waals surface area contributed by atoms with Gasteiger partial charge in [-0.25, -0.2) is 0 Å². The van der Waals surface area contributed by atoms with Gasteiger partial charge in [0.1, 0.15) is 6.61 Å². The van der Waals surface area contributed by atoms with Crippen molar-refractivity contribution in [3.63, 3.8) is 0 Å². The molecule has 3 heteroatoms. The molecule has 0 saturated heterocycles. The molecule has 0 fully saturated rings. The highest BCUT2D eigenvalue weighted by atomic mass is 16.5. The first-order valence-electron chi connectivity index (χ1n) is 3.00. The predicted octanol–water partition coefficient (Wildman–Crippen LogP) is 0.405. The van der Waals surface area contributed by atoms with E-state index in [0.717, 1.165) is 0 Å². The summed E-state index contributed by atoms with van der Waals surface area (Å²) in [4.78, 5) is 10.2. The van der Waals surface area contributed by atoms with Gasteiger partial charge < -0.3 is 10.1 Å². The molecule has 1 amide bonds. The zero-order valence-corrected chi connectivity index (χ0v) is 6.52. The molecule has 0 saturated carbocycles. The first kappa shape index (κ1) is 11.3. The molecule has 0 unspecified atom stereocenters. The Balaban J connectivity index is 0. The molecule has 0 radical (unpaired) electrons. The van der Waals surface area contributed by atoms with Gasteiger partial charge in [0.05, 0.1) is 0 Å². The molecule has 0 aliphatic heterocycles. The van der Waals surface area contributed by atoms with Gasteiger partial charge in [0.15, 0.2) is 0 Å². The number of amides is 1. The summed E-state index contributed by atoms with van der Waals surface area (Å²) in [7, 11) is 3.05. The highest BCUT2D eigenvalue weighted by molar-refractivity contribution is 5.76. The molecule has 56 valence electrons. The molecular formula is C6H15NO2. The van der Waals surface area contributed by atoms with E-state index in [4.69, 9.17) is 0 Å². The molecule has 0 rings (SSSR count). The van der Waals surface area contributed by atoms with E-state index < -0.39 is 0 Å². The van der Waals surface area contributed by atoms with Crippen molar-refractivity contribution in [3.05, 3.63) is 0 Å². The van der Waals surface area contributed by atoms with Crippen molar-refractivity contribution in [2.75, 3.05) is 20.8 Å². The number of carbonyl (C=O) groups excluding carboxylic acids is 1. The molecule has 0 aliphatic carbocycles. The predicted molar refractivity (Wildman–Crippen MR) is 37.3 cm³/mol. The summed E-state index contributed by atoms with van der Waals surface area (Å²) in [5.41, 5.74) is 0. The Morgan fingerprint density at radius 2 is 2.00 bits per heavy atom. The van der Waals surface area contributed by atoms with Crippen LogP contribution in [0.25, 0.3) is 0 Å². The lowest BCUT2D eigenvalue weighted by molar-refractivity contribution is -0.124. The third-order valence-electron chi connectivity index (χ3n) is 0.554. The number of likely N-dealkylation sites (N-methyl/N-ethyl adjacent to an activating group) is 1. The lowest BCUT2D eigenvalue weighted by atomic mass is 10.7. The average molecular weight is 133 g/mol. The van der Waals surface area contributed by atoms with Crippen molar-refractivity contribution in [2.45, 2.75) is 13.8 Å². The summed E-state index contributed by atoms with van der Waals surface area (Å²) in [6.07, 6.45) is 0. The van der Waals surface area contributed by atoms with Crippen LogP contribution in [0.5, 0.6) is 0 Å².